The van der Waals surface area contributed by atoms with Crippen molar-refractivity contribution in [1.82, 2.24) is 5.32 Å². The van der Waals surface area contributed by atoms with Crippen molar-refractivity contribution in [2.24, 2.45) is 0 Å². The van der Waals surface area contributed by atoms with Gasteiger partial charge in [0.25, 0.3) is 5.91 Å². The highest BCUT2D eigenvalue weighted by Crippen LogP contribution is 2.30. The molecule has 1 N–H and O–H groups in total. The number of fused-ring (bicyclic) bond motifs is 1. The molecule has 0 radical (unpaired) electrons. The minimum atomic E-state index is -2.91. The molecule has 0 fully saturated rings. The molecular formula is C19H19F2NO3. The predicted octanol–water partition coefficient (Wildman–Crippen LogP) is 4.10. The van der Waals surface area contributed by atoms with E-state index in [1.54, 1.807) is 30.3 Å². The Labute approximate surface area is 144 Å². The first-order valence-electron chi connectivity index (χ1n) is 8.18. The number of benzene rings is 2. The number of halogens is 2. The molecule has 0 saturated carbocycles. The van der Waals surface area contributed by atoms with Crippen LogP contribution in [-0.4, -0.2) is 19.1 Å². The molecule has 1 aliphatic heterocycles. The summed E-state index contributed by atoms with van der Waals surface area (Å²) in [6, 6.07) is 11.4. The maximum atomic E-state index is 12.6. The minimum absolute atomic E-state index is 0.0759. The van der Waals surface area contributed by atoms with Crippen molar-refractivity contribution in [2.45, 2.75) is 32.4 Å². The molecule has 0 saturated heterocycles. The van der Waals surface area contributed by atoms with Crippen LogP contribution >= 0.6 is 0 Å². The first-order chi connectivity index (χ1) is 12.1. The van der Waals surface area contributed by atoms with Crippen molar-refractivity contribution < 1.29 is 23.0 Å². The number of amides is 1. The highest BCUT2D eigenvalue weighted by molar-refractivity contribution is 5.95. The van der Waals surface area contributed by atoms with E-state index in [0.29, 0.717) is 24.2 Å². The number of carbonyl (C=O) groups is 1. The molecule has 6 heteroatoms. The van der Waals surface area contributed by atoms with E-state index in [4.69, 9.17) is 4.74 Å². The fourth-order valence-electron chi connectivity index (χ4n) is 2.94. The van der Waals surface area contributed by atoms with Crippen molar-refractivity contribution >= 4 is 5.91 Å². The Bertz CT molecular complexity index is 764. The van der Waals surface area contributed by atoms with Crippen LogP contribution in [0.25, 0.3) is 0 Å². The Balaban J connectivity index is 1.79. The Morgan fingerprint density at radius 1 is 1.28 bits per heavy atom. The van der Waals surface area contributed by atoms with Crippen LogP contribution in [0.2, 0.25) is 0 Å². The Kier molecular flexibility index (Phi) is 5.16. The molecule has 0 aliphatic carbocycles. The molecular weight excluding hydrogens is 328 g/mol. The monoisotopic (exact) mass is 347 g/mol. The quantitative estimate of drug-likeness (QED) is 0.856. The topological polar surface area (TPSA) is 47.6 Å². The summed E-state index contributed by atoms with van der Waals surface area (Å²) in [6.07, 6.45) is 1.32. The molecule has 0 bridgehead atoms. The van der Waals surface area contributed by atoms with Gasteiger partial charge in [-0.2, -0.15) is 8.78 Å². The van der Waals surface area contributed by atoms with E-state index < -0.39 is 12.7 Å². The number of nitrogens with one attached hydrogen (secondary N) is 1. The van der Waals surface area contributed by atoms with Gasteiger partial charge in [-0.3, -0.25) is 4.79 Å². The largest absolute Gasteiger partial charge is 0.493 e. The number of para-hydroxylation sites is 1. The van der Waals surface area contributed by atoms with E-state index in [2.05, 4.69) is 10.1 Å². The molecule has 0 aromatic heterocycles. The SMILES string of the molecule is CCC(NC(=O)c1ccc2c(c1)CCO2)c1ccccc1OC(F)F. The van der Waals surface area contributed by atoms with Gasteiger partial charge in [-0.1, -0.05) is 25.1 Å². The van der Waals surface area contributed by atoms with Crippen LogP contribution < -0.4 is 14.8 Å². The van der Waals surface area contributed by atoms with Crippen LogP contribution in [0.3, 0.4) is 0 Å². The smallest absolute Gasteiger partial charge is 0.387 e. The van der Waals surface area contributed by atoms with Crippen LogP contribution in [-0.2, 0) is 6.42 Å². The molecule has 0 spiro atoms. The van der Waals surface area contributed by atoms with Gasteiger partial charge in [0.05, 0.1) is 12.6 Å². The molecule has 1 heterocycles. The summed E-state index contributed by atoms with van der Waals surface area (Å²) in [5, 5.41) is 2.90. The highest BCUT2D eigenvalue weighted by Gasteiger charge is 2.21. The normalized spacial score (nSPS) is 13.9. The summed E-state index contributed by atoms with van der Waals surface area (Å²) >= 11 is 0. The Morgan fingerprint density at radius 3 is 2.84 bits per heavy atom. The second kappa shape index (κ2) is 7.51. The minimum Gasteiger partial charge on any atom is -0.493 e. The molecule has 1 aliphatic rings. The lowest BCUT2D eigenvalue weighted by atomic mass is 10.0. The van der Waals surface area contributed by atoms with Gasteiger partial charge in [-0.05, 0) is 36.2 Å². The van der Waals surface area contributed by atoms with E-state index in [0.717, 1.165) is 17.7 Å². The third-order valence-corrected chi connectivity index (χ3v) is 4.18. The number of hydrogen-bond acceptors (Lipinski definition) is 3. The first kappa shape index (κ1) is 17.2. The lowest BCUT2D eigenvalue weighted by Crippen LogP contribution is -2.28. The maximum Gasteiger partial charge on any atom is 0.387 e. The van der Waals surface area contributed by atoms with Gasteiger partial charge in [0, 0.05) is 17.5 Å². The summed E-state index contributed by atoms with van der Waals surface area (Å²) in [6.45, 7) is -0.414. The molecule has 3 rings (SSSR count). The standard InChI is InChI=1S/C19H19F2NO3/c1-2-15(14-5-3-4-6-17(14)25-19(20)21)22-18(23)13-7-8-16-12(11-13)9-10-24-16/h3-8,11,15,19H,2,9-10H2,1H3,(H,22,23). The number of carbonyl (C=O) groups excluding carboxylic acids is 1. The molecule has 4 nitrogen and oxygen atoms in total. The van der Waals surface area contributed by atoms with Crippen LogP contribution in [0.4, 0.5) is 8.78 Å². The number of ether oxygens (including phenoxy) is 2. The average Bonchev–Trinajstić information content (AvgIpc) is 3.07. The third-order valence-electron chi connectivity index (χ3n) is 4.18. The van der Waals surface area contributed by atoms with Crippen molar-refractivity contribution in [1.29, 1.82) is 0 Å². The molecule has 2 aromatic carbocycles. The van der Waals surface area contributed by atoms with E-state index in [1.807, 2.05) is 13.0 Å². The van der Waals surface area contributed by atoms with Crippen LogP contribution in [0, 0.1) is 0 Å². The van der Waals surface area contributed by atoms with Gasteiger partial charge in [0.15, 0.2) is 0 Å². The van der Waals surface area contributed by atoms with Gasteiger partial charge in [0.1, 0.15) is 11.5 Å². The van der Waals surface area contributed by atoms with E-state index in [1.165, 1.54) is 6.07 Å². The lowest BCUT2D eigenvalue weighted by Gasteiger charge is -2.20. The Hall–Kier alpha value is -2.63. The van der Waals surface area contributed by atoms with Crippen LogP contribution in [0.5, 0.6) is 11.5 Å². The van der Waals surface area contributed by atoms with Gasteiger partial charge in [-0.25, -0.2) is 0 Å². The zero-order chi connectivity index (χ0) is 17.8. The first-order valence-corrected chi connectivity index (χ1v) is 8.18. The maximum absolute atomic E-state index is 12.6. The van der Waals surface area contributed by atoms with E-state index in [-0.39, 0.29) is 11.7 Å². The molecule has 1 amide bonds. The van der Waals surface area contributed by atoms with Crippen molar-refractivity contribution in [3.05, 3.63) is 59.2 Å². The summed E-state index contributed by atoms with van der Waals surface area (Å²) in [7, 11) is 0. The summed E-state index contributed by atoms with van der Waals surface area (Å²) in [5.74, 6) is 0.625. The zero-order valence-electron chi connectivity index (χ0n) is 13.8. The lowest BCUT2D eigenvalue weighted by molar-refractivity contribution is -0.0506. The summed E-state index contributed by atoms with van der Waals surface area (Å²) < 4.78 is 35.2. The highest BCUT2D eigenvalue weighted by atomic mass is 19.3. The van der Waals surface area contributed by atoms with Gasteiger partial charge >= 0.3 is 6.61 Å². The van der Waals surface area contributed by atoms with Crippen molar-refractivity contribution in [3.8, 4) is 11.5 Å². The molecule has 1 unspecified atom stereocenters. The fourth-order valence-corrected chi connectivity index (χ4v) is 2.94. The van der Waals surface area contributed by atoms with Gasteiger partial charge in [-0.15, -0.1) is 0 Å². The summed E-state index contributed by atoms with van der Waals surface area (Å²) in [4.78, 5) is 12.6. The summed E-state index contributed by atoms with van der Waals surface area (Å²) in [5.41, 5.74) is 2.06. The third kappa shape index (κ3) is 3.90. The number of hydrogen-bond donors (Lipinski definition) is 1. The predicted molar refractivity (Wildman–Crippen MR) is 89.2 cm³/mol. The van der Waals surface area contributed by atoms with E-state index in [9.17, 15) is 13.6 Å². The Morgan fingerprint density at radius 2 is 2.08 bits per heavy atom. The van der Waals surface area contributed by atoms with E-state index >= 15 is 0 Å². The number of rotatable bonds is 6. The average molecular weight is 347 g/mol. The number of alkyl halides is 2. The van der Waals surface area contributed by atoms with Crippen molar-refractivity contribution in [3.63, 3.8) is 0 Å². The van der Waals surface area contributed by atoms with Crippen LogP contribution in [0.15, 0.2) is 42.5 Å². The molecule has 1 atom stereocenters. The second-order valence-electron chi connectivity index (χ2n) is 5.77. The van der Waals surface area contributed by atoms with Gasteiger partial charge in [0.2, 0.25) is 0 Å². The second-order valence-corrected chi connectivity index (χ2v) is 5.77. The van der Waals surface area contributed by atoms with Crippen LogP contribution in [0.1, 0.15) is 40.9 Å². The van der Waals surface area contributed by atoms with Gasteiger partial charge < -0.3 is 14.8 Å². The molecule has 2 aromatic rings. The fraction of sp³-hybridized carbons (Fsp3) is 0.316. The van der Waals surface area contributed by atoms with Crippen molar-refractivity contribution in [2.75, 3.05) is 6.61 Å². The molecule has 132 valence electrons. The molecule has 25 heavy (non-hydrogen) atoms. The zero-order valence-corrected chi connectivity index (χ0v) is 13.8.